The fourth-order valence-corrected chi connectivity index (χ4v) is 2.89. The molecule has 0 spiro atoms. The van der Waals surface area contributed by atoms with Crippen LogP contribution in [0.4, 0.5) is 5.69 Å². The zero-order valence-electron chi connectivity index (χ0n) is 17.4. The van der Waals surface area contributed by atoms with Gasteiger partial charge in [0.15, 0.2) is 6.61 Å². The lowest BCUT2D eigenvalue weighted by Gasteiger charge is -2.28. The molecule has 1 N–H and O–H groups in total. The number of hydrogen-bond donors (Lipinski definition) is 1. The highest BCUT2D eigenvalue weighted by Crippen LogP contribution is 2.30. The van der Waals surface area contributed by atoms with Gasteiger partial charge in [-0.3, -0.25) is 19.7 Å². The molecule has 0 heterocycles. The van der Waals surface area contributed by atoms with Gasteiger partial charge in [0, 0.05) is 25.7 Å². The number of nitrogens with one attached hydrogen (secondary N) is 1. The quantitative estimate of drug-likeness (QED) is 0.497. The van der Waals surface area contributed by atoms with Gasteiger partial charge < -0.3 is 19.7 Å². The number of carbonyl (C=O) groups excluding carboxylic acids is 2. The minimum absolute atomic E-state index is 0.0282. The summed E-state index contributed by atoms with van der Waals surface area (Å²) in [7, 11) is 2.82. The average Bonchev–Trinajstić information content (AvgIpc) is 2.75. The third kappa shape index (κ3) is 5.47. The molecule has 2 aromatic rings. The summed E-state index contributed by atoms with van der Waals surface area (Å²) < 4.78 is 10.5. The highest BCUT2D eigenvalue weighted by Gasteiger charge is 2.26. The molecule has 0 bridgehead atoms. The third-order valence-corrected chi connectivity index (χ3v) is 4.73. The second-order valence-corrected chi connectivity index (χ2v) is 6.62. The van der Waals surface area contributed by atoms with E-state index in [0.29, 0.717) is 0 Å². The minimum Gasteiger partial charge on any atom is -0.490 e. The first kappa shape index (κ1) is 22.7. The van der Waals surface area contributed by atoms with Crippen LogP contribution in [0, 0.1) is 17.0 Å². The standard InChI is InChI=1S/C21H25N3O6/c1-14-7-5-6-8-16(14)12-23(15(2)21(26)22-3)20(25)13-30-17-9-10-18(24(27)28)19(11-17)29-4/h5-11,15H,12-13H2,1-4H3,(H,22,26)/t15-/m0/s1. The maximum Gasteiger partial charge on any atom is 0.311 e. The first-order valence-corrected chi connectivity index (χ1v) is 9.29. The molecule has 1 atom stereocenters. The number of likely N-dealkylation sites (N-methyl/N-ethyl adjacent to an activating group) is 1. The molecule has 160 valence electrons. The number of aryl methyl sites for hydroxylation is 1. The number of nitro benzene ring substituents is 1. The molecule has 9 heteroatoms. The summed E-state index contributed by atoms with van der Waals surface area (Å²) in [6.07, 6.45) is 0. The molecule has 0 radical (unpaired) electrons. The van der Waals surface area contributed by atoms with Gasteiger partial charge in [-0.2, -0.15) is 0 Å². The van der Waals surface area contributed by atoms with Gasteiger partial charge in [0.25, 0.3) is 5.91 Å². The molecule has 9 nitrogen and oxygen atoms in total. The Balaban J connectivity index is 2.19. The number of benzene rings is 2. The van der Waals surface area contributed by atoms with E-state index in [4.69, 9.17) is 9.47 Å². The molecule has 30 heavy (non-hydrogen) atoms. The van der Waals surface area contributed by atoms with Crippen molar-refractivity contribution in [1.29, 1.82) is 0 Å². The third-order valence-electron chi connectivity index (χ3n) is 4.73. The van der Waals surface area contributed by atoms with E-state index in [2.05, 4.69) is 5.32 Å². The number of rotatable bonds is 9. The van der Waals surface area contributed by atoms with Crippen LogP contribution in [0.1, 0.15) is 18.1 Å². The minimum atomic E-state index is -0.711. The molecule has 2 rings (SSSR count). The predicted octanol–water partition coefficient (Wildman–Crippen LogP) is 2.45. The summed E-state index contributed by atoms with van der Waals surface area (Å²) in [5, 5.41) is 13.6. The van der Waals surface area contributed by atoms with Crippen LogP contribution in [0.3, 0.4) is 0 Å². The summed E-state index contributed by atoms with van der Waals surface area (Å²) in [6.45, 7) is 3.48. The van der Waals surface area contributed by atoms with Crippen molar-refractivity contribution in [3.63, 3.8) is 0 Å². The van der Waals surface area contributed by atoms with Gasteiger partial charge in [-0.15, -0.1) is 0 Å². The molecule has 2 aromatic carbocycles. The van der Waals surface area contributed by atoms with Crippen molar-refractivity contribution in [3.05, 3.63) is 63.7 Å². The first-order valence-electron chi connectivity index (χ1n) is 9.29. The lowest BCUT2D eigenvalue weighted by Crippen LogP contribution is -2.48. The lowest BCUT2D eigenvalue weighted by molar-refractivity contribution is -0.385. The number of nitrogens with zero attached hydrogens (tertiary/aromatic N) is 2. The molecule has 0 aromatic heterocycles. The Morgan fingerprint density at radius 1 is 1.23 bits per heavy atom. The average molecular weight is 415 g/mol. The monoisotopic (exact) mass is 415 g/mol. The fourth-order valence-electron chi connectivity index (χ4n) is 2.89. The highest BCUT2D eigenvalue weighted by molar-refractivity contribution is 5.87. The summed E-state index contributed by atoms with van der Waals surface area (Å²) in [5.74, 6) is -0.421. The fraction of sp³-hybridized carbons (Fsp3) is 0.333. The topological polar surface area (TPSA) is 111 Å². The number of methoxy groups -OCH3 is 1. The van der Waals surface area contributed by atoms with Crippen LogP contribution in [0.15, 0.2) is 42.5 Å². The van der Waals surface area contributed by atoms with E-state index in [0.717, 1.165) is 11.1 Å². The van der Waals surface area contributed by atoms with Crippen molar-refractivity contribution in [2.45, 2.75) is 26.4 Å². The van der Waals surface area contributed by atoms with Crippen LogP contribution >= 0.6 is 0 Å². The van der Waals surface area contributed by atoms with Crippen LogP contribution in [-0.4, -0.2) is 48.4 Å². The molecule has 2 amide bonds. The van der Waals surface area contributed by atoms with Gasteiger partial charge in [-0.05, 0) is 31.0 Å². The normalized spacial score (nSPS) is 11.3. The predicted molar refractivity (Wildman–Crippen MR) is 110 cm³/mol. The molecule has 0 aliphatic heterocycles. The molecule has 0 aliphatic carbocycles. The smallest absolute Gasteiger partial charge is 0.311 e. The van der Waals surface area contributed by atoms with Gasteiger partial charge in [0.1, 0.15) is 11.8 Å². The highest BCUT2D eigenvalue weighted by atomic mass is 16.6. The first-order chi connectivity index (χ1) is 14.3. The number of ether oxygens (including phenoxy) is 2. The van der Waals surface area contributed by atoms with Gasteiger partial charge >= 0.3 is 5.69 Å². The van der Waals surface area contributed by atoms with Crippen LogP contribution in [0.25, 0.3) is 0 Å². The van der Waals surface area contributed by atoms with Crippen molar-refractivity contribution in [2.75, 3.05) is 20.8 Å². The zero-order valence-corrected chi connectivity index (χ0v) is 17.4. The van der Waals surface area contributed by atoms with Crippen molar-refractivity contribution in [1.82, 2.24) is 10.2 Å². The van der Waals surface area contributed by atoms with Crippen LogP contribution in [0.2, 0.25) is 0 Å². The molecular weight excluding hydrogens is 390 g/mol. The van der Waals surface area contributed by atoms with E-state index in [1.807, 2.05) is 31.2 Å². The summed E-state index contributed by atoms with van der Waals surface area (Å²) in [6, 6.07) is 10.9. The van der Waals surface area contributed by atoms with Crippen LogP contribution < -0.4 is 14.8 Å². The lowest BCUT2D eigenvalue weighted by atomic mass is 10.1. The number of nitro groups is 1. The second kappa shape index (κ2) is 10.2. The molecule has 0 fully saturated rings. The Bertz CT molecular complexity index is 931. The number of amides is 2. The Kier molecular flexibility index (Phi) is 7.74. The van der Waals surface area contributed by atoms with Gasteiger partial charge in [-0.1, -0.05) is 24.3 Å². The van der Waals surface area contributed by atoms with Gasteiger partial charge in [-0.25, -0.2) is 0 Å². The Labute approximate surface area is 174 Å². The summed E-state index contributed by atoms with van der Waals surface area (Å²) in [4.78, 5) is 36.9. The van der Waals surface area contributed by atoms with Gasteiger partial charge in [0.2, 0.25) is 11.7 Å². The maximum absolute atomic E-state index is 12.9. The summed E-state index contributed by atoms with van der Waals surface area (Å²) in [5.41, 5.74) is 1.71. The Morgan fingerprint density at radius 2 is 1.93 bits per heavy atom. The van der Waals surface area contributed by atoms with Crippen LogP contribution in [-0.2, 0) is 16.1 Å². The molecule has 0 unspecified atom stereocenters. The maximum atomic E-state index is 12.9. The van der Waals surface area contributed by atoms with E-state index in [1.54, 1.807) is 6.92 Å². The van der Waals surface area contributed by atoms with E-state index >= 15 is 0 Å². The number of hydrogen-bond acceptors (Lipinski definition) is 6. The number of carbonyl (C=O) groups is 2. The molecule has 0 aliphatic rings. The zero-order chi connectivity index (χ0) is 22.3. The molecule has 0 saturated heterocycles. The largest absolute Gasteiger partial charge is 0.490 e. The second-order valence-electron chi connectivity index (χ2n) is 6.62. The van der Waals surface area contributed by atoms with E-state index in [-0.39, 0.29) is 36.2 Å². The molecule has 0 saturated carbocycles. The van der Waals surface area contributed by atoms with Gasteiger partial charge in [0.05, 0.1) is 12.0 Å². The molecular formula is C21H25N3O6. The van der Waals surface area contributed by atoms with Crippen molar-refractivity contribution in [2.24, 2.45) is 0 Å². The van der Waals surface area contributed by atoms with Crippen molar-refractivity contribution in [3.8, 4) is 11.5 Å². The van der Waals surface area contributed by atoms with E-state index < -0.39 is 16.9 Å². The Hall–Kier alpha value is -3.62. The van der Waals surface area contributed by atoms with E-state index in [9.17, 15) is 19.7 Å². The van der Waals surface area contributed by atoms with Crippen LogP contribution in [0.5, 0.6) is 11.5 Å². The Morgan fingerprint density at radius 3 is 2.53 bits per heavy atom. The SMILES string of the molecule is CNC(=O)[C@H](C)N(Cc1ccccc1C)C(=O)COc1ccc([N+](=O)[O-])c(OC)c1. The van der Waals surface area contributed by atoms with Crippen molar-refractivity contribution < 1.29 is 24.0 Å². The summed E-state index contributed by atoms with van der Waals surface area (Å²) >= 11 is 0. The van der Waals surface area contributed by atoms with Crippen molar-refractivity contribution >= 4 is 17.5 Å². The van der Waals surface area contributed by atoms with E-state index in [1.165, 1.54) is 37.3 Å².